The van der Waals surface area contributed by atoms with Gasteiger partial charge in [0.25, 0.3) is 8.32 Å². The fourth-order valence-corrected chi connectivity index (χ4v) is 8.82. The lowest BCUT2D eigenvalue weighted by Crippen LogP contribution is -2.67. The van der Waals surface area contributed by atoms with Gasteiger partial charge in [0.05, 0.1) is 6.61 Å². The third-order valence-corrected chi connectivity index (χ3v) is 11.0. The number of carbonyl (C=O) groups excluding carboxylic acids is 1. The van der Waals surface area contributed by atoms with Gasteiger partial charge in [0.2, 0.25) is 5.91 Å². The lowest BCUT2D eigenvalue weighted by atomic mass is 10.1. The molecule has 0 aliphatic carbocycles. The van der Waals surface area contributed by atoms with E-state index >= 15 is 0 Å². The van der Waals surface area contributed by atoms with Crippen molar-refractivity contribution in [3.63, 3.8) is 0 Å². The van der Waals surface area contributed by atoms with Gasteiger partial charge in [0, 0.05) is 6.42 Å². The van der Waals surface area contributed by atoms with Crippen molar-refractivity contribution in [1.29, 1.82) is 0 Å². The minimum absolute atomic E-state index is 0.0830. The number of hydrogen-bond donors (Lipinski definition) is 2. The summed E-state index contributed by atoms with van der Waals surface area (Å²) in [5.41, 5.74) is 0. The van der Waals surface area contributed by atoms with Crippen LogP contribution in [0.2, 0.25) is 5.04 Å². The highest BCUT2D eigenvalue weighted by atomic mass is 28.4. The fourth-order valence-electron chi connectivity index (χ4n) is 4.25. The van der Waals surface area contributed by atoms with Crippen molar-refractivity contribution < 1.29 is 19.1 Å². The Morgan fingerprint density at radius 1 is 0.939 bits per heavy atom. The van der Waals surface area contributed by atoms with E-state index in [2.05, 4.69) is 64.2 Å². The number of carbonyl (C=O) groups is 2. The summed E-state index contributed by atoms with van der Waals surface area (Å²) in [7, 11) is -2.87. The van der Waals surface area contributed by atoms with Crippen LogP contribution in [0, 0.1) is 5.92 Å². The molecule has 0 spiro atoms. The van der Waals surface area contributed by atoms with Gasteiger partial charge in [-0.3, -0.25) is 4.79 Å². The molecule has 0 bridgehead atoms. The normalized spacial score (nSPS) is 13.0. The standard InChI is InChI=1S/C27H39NO4Si/c1-21(2)14-12-13-19-25(29)28-24(26(30)31)20-32-33(27(3,4)5,22-15-8-6-9-16-22)23-17-10-7-11-18-23/h6-11,15-18,21,24H,12-14,19-20H2,1-5H3,(H,28,29)(H,30,31)/t24-/m0/s1. The molecule has 2 rings (SSSR count). The molecule has 33 heavy (non-hydrogen) atoms. The topological polar surface area (TPSA) is 75.6 Å². The maximum atomic E-state index is 12.4. The van der Waals surface area contributed by atoms with E-state index in [0.29, 0.717) is 12.3 Å². The summed E-state index contributed by atoms with van der Waals surface area (Å²) in [6.07, 6.45) is 3.11. The Kier molecular flexibility index (Phi) is 9.86. The molecule has 2 aromatic carbocycles. The number of hydrogen-bond acceptors (Lipinski definition) is 3. The molecule has 2 N–H and O–H groups in total. The van der Waals surface area contributed by atoms with E-state index in [4.69, 9.17) is 4.43 Å². The van der Waals surface area contributed by atoms with Crippen molar-refractivity contribution in [2.45, 2.75) is 71.4 Å². The monoisotopic (exact) mass is 469 g/mol. The van der Waals surface area contributed by atoms with Crippen LogP contribution in [0.1, 0.15) is 60.3 Å². The van der Waals surface area contributed by atoms with E-state index in [1.165, 1.54) is 0 Å². The zero-order chi connectivity index (χ0) is 24.5. The van der Waals surface area contributed by atoms with Crippen LogP contribution in [-0.2, 0) is 14.0 Å². The lowest BCUT2D eigenvalue weighted by Gasteiger charge is -2.43. The van der Waals surface area contributed by atoms with Gasteiger partial charge in [-0.25, -0.2) is 4.79 Å². The highest BCUT2D eigenvalue weighted by Gasteiger charge is 2.50. The van der Waals surface area contributed by atoms with Crippen LogP contribution in [0.4, 0.5) is 0 Å². The predicted octanol–water partition coefficient (Wildman–Crippen LogP) is 4.35. The minimum atomic E-state index is -2.87. The Labute approximate surface area is 199 Å². The van der Waals surface area contributed by atoms with Gasteiger partial charge in [-0.2, -0.15) is 0 Å². The number of nitrogens with one attached hydrogen (secondary N) is 1. The number of rotatable bonds is 12. The zero-order valence-corrected chi connectivity index (χ0v) is 21.6. The van der Waals surface area contributed by atoms with Gasteiger partial charge < -0.3 is 14.8 Å². The molecule has 0 aliphatic heterocycles. The lowest BCUT2D eigenvalue weighted by molar-refractivity contribution is -0.142. The summed E-state index contributed by atoms with van der Waals surface area (Å²) in [5, 5.41) is 14.4. The smallest absolute Gasteiger partial charge is 0.328 e. The summed E-state index contributed by atoms with van der Waals surface area (Å²) in [6.45, 7) is 10.7. The van der Waals surface area contributed by atoms with Crippen molar-refractivity contribution in [2.75, 3.05) is 6.61 Å². The second-order valence-electron chi connectivity index (χ2n) is 10.1. The van der Waals surface area contributed by atoms with Crippen LogP contribution in [-0.4, -0.2) is 37.9 Å². The Balaban J connectivity index is 2.26. The van der Waals surface area contributed by atoms with Gasteiger partial charge in [0.15, 0.2) is 0 Å². The molecule has 2 aromatic rings. The maximum Gasteiger partial charge on any atom is 0.328 e. The van der Waals surface area contributed by atoms with Gasteiger partial charge in [-0.15, -0.1) is 0 Å². The molecular formula is C27H39NO4Si. The Morgan fingerprint density at radius 3 is 1.88 bits per heavy atom. The second kappa shape index (κ2) is 12.1. The number of aliphatic carboxylic acids is 1. The molecule has 0 heterocycles. The van der Waals surface area contributed by atoms with E-state index < -0.39 is 20.3 Å². The number of carboxylic acids is 1. The number of unbranched alkanes of at least 4 members (excludes halogenated alkanes) is 1. The van der Waals surface area contributed by atoms with Crippen molar-refractivity contribution in [3.8, 4) is 0 Å². The first kappa shape index (κ1) is 26.8. The molecule has 0 saturated carbocycles. The first-order valence-corrected chi connectivity index (χ1v) is 13.8. The van der Waals surface area contributed by atoms with E-state index in [1.807, 2.05) is 36.4 Å². The van der Waals surface area contributed by atoms with Crippen LogP contribution in [0.5, 0.6) is 0 Å². The molecule has 180 valence electrons. The number of amides is 1. The summed E-state index contributed by atoms with van der Waals surface area (Å²) in [4.78, 5) is 24.5. The van der Waals surface area contributed by atoms with Gasteiger partial charge in [0.1, 0.15) is 6.04 Å². The number of benzene rings is 2. The predicted molar refractivity (Wildman–Crippen MR) is 136 cm³/mol. The molecule has 0 aliphatic rings. The Bertz CT molecular complexity index is 838. The van der Waals surface area contributed by atoms with Crippen molar-refractivity contribution in [3.05, 3.63) is 60.7 Å². The van der Waals surface area contributed by atoms with Crippen molar-refractivity contribution in [1.82, 2.24) is 5.32 Å². The van der Waals surface area contributed by atoms with Crippen LogP contribution in [0.15, 0.2) is 60.7 Å². The Hall–Kier alpha value is -2.44. The third kappa shape index (κ3) is 7.27. The highest BCUT2D eigenvalue weighted by Crippen LogP contribution is 2.36. The number of carboxylic acid groups (broad SMARTS) is 1. The highest BCUT2D eigenvalue weighted by molar-refractivity contribution is 6.99. The fraction of sp³-hybridized carbons (Fsp3) is 0.481. The van der Waals surface area contributed by atoms with E-state index in [0.717, 1.165) is 29.6 Å². The van der Waals surface area contributed by atoms with Crippen molar-refractivity contribution in [2.24, 2.45) is 5.92 Å². The average molecular weight is 470 g/mol. The molecule has 0 radical (unpaired) electrons. The third-order valence-electron chi connectivity index (χ3n) is 5.95. The first-order chi connectivity index (χ1) is 15.6. The van der Waals surface area contributed by atoms with Crippen molar-refractivity contribution >= 4 is 30.6 Å². The quantitative estimate of drug-likeness (QED) is 0.358. The van der Waals surface area contributed by atoms with Gasteiger partial charge in [-0.05, 0) is 27.8 Å². The summed E-state index contributed by atoms with van der Waals surface area (Å²) in [6, 6.07) is 19.1. The molecule has 0 fully saturated rings. The van der Waals surface area contributed by atoms with Crippen LogP contribution in [0.25, 0.3) is 0 Å². The molecule has 1 amide bonds. The van der Waals surface area contributed by atoms with Crippen LogP contribution < -0.4 is 15.7 Å². The molecule has 0 unspecified atom stereocenters. The van der Waals surface area contributed by atoms with Gasteiger partial charge in [-0.1, -0.05) is 108 Å². The Morgan fingerprint density at radius 2 is 1.45 bits per heavy atom. The van der Waals surface area contributed by atoms with Crippen LogP contribution in [0.3, 0.4) is 0 Å². The minimum Gasteiger partial charge on any atom is -0.480 e. The molecule has 5 nitrogen and oxygen atoms in total. The molecule has 6 heteroatoms. The zero-order valence-electron chi connectivity index (χ0n) is 20.6. The summed E-state index contributed by atoms with van der Waals surface area (Å²) in [5.74, 6) is -0.722. The largest absolute Gasteiger partial charge is 0.480 e. The molecule has 0 aromatic heterocycles. The molecular weight excluding hydrogens is 430 g/mol. The maximum absolute atomic E-state index is 12.4. The summed E-state index contributed by atoms with van der Waals surface area (Å²) >= 11 is 0. The average Bonchev–Trinajstić information content (AvgIpc) is 2.76. The first-order valence-electron chi connectivity index (χ1n) is 11.8. The molecule has 0 saturated heterocycles. The van der Waals surface area contributed by atoms with E-state index in [1.54, 1.807) is 0 Å². The molecule has 1 atom stereocenters. The SMILES string of the molecule is CC(C)CCCCC(=O)N[C@@H](CO[Si](c1ccccc1)(c1ccccc1)C(C)(C)C)C(=O)O. The summed E-state index contributed by atoms with van der Waals surface area (Å²) < 4.78 is 6.69. The van der Waals surface area contributed by atoms with Gasteiger partial charge >= 0.3 is 5.97 Å². The van der Waals surface area contributed by atoms with E-state index in [-0.39, 0.29) is 17.6 Å². The van der Waals surface area contributed by atoms with Crippen LogP contribution >= 0.6 is 0 Å². The van der Waals surface area contributed by atoms with E-state index in [9.17, 15) is 14.7 Å². The second-order valence-corrected chi connectivity index (χ2v) is 14.4.